The van der Waals surface area contributed by atoms with Crippen molar-refractivity contribution in [3.8, 4) is 5.75 Å². The van der Waals surface area contributed by atoms with E-state index in [-0.39, 0.29) is 12.6 Å². The molecule has 2 aromatic rings. The Bertz CT molecular complexity index is 913. The van der Waals surface area contributed by atoms with E-state index in [1.54, 1.807) is 16.4 Å². The Morgan fingerprint density at radius 2 is 1.79 bits per heavy atom. The van der Waals surface area contributed by atoms with Gasteiger partial charge in [0.2, 0.25) is 10.0 Å². The third kappa shape index (κ3) is 4.48. The van der Waals surface area contributed by atoms with E-state index in [0.717, 1.165) is 36.1 Å². The minimum absolute atomic E-state index is 0.176. The first-order valence-electron chi connectivity index (χ1n) is 10.2. The Kier molecular flexibility index (Phi) is 6.20. The summed E-state index contributed by atoms with van der Waals surface area (Å²) in [7, 11) is -1.63. The van der Waals surface area contributed by atoms with Gasteiger partial charge in [0.05, 0.1) is 12.6 Å². The second-order valence-electron chi connectivity index (χ2n) is 7.68. The predicted molar refractivity (Wildman–Crippen MR) is 112 cm³/mol. The van der Waals surface area contributed by atoms with Crippen LogP contribution in [0.5, 0.6) is 5.75 Å². The highest BCUT2D eigenvalue weighted by molar-refractivity contribution is 7.89. The smallest absolute Gasteiger partial charge is 0.221 e. The number of nitrogens with zero attached hydrogens (tertiary/aromatic N) is 2. The van der Waals surface area contributed by atoms with Crippen LogP contribution in [0.1, 0.15) is 36.4 Å². The van der Waals surface area contributed by atoms with Crippen molar-refractivity contribution < 1.29 is 18.0 Å². The standard InChI is InChI=1S/C22H28N2O4S/c1-23-22(21(17-28-23)29(25,26)24-13-6-3-7-14-24)19-11-8-12-20(15-19)27-16-18-9-4-2-5-10-18/h2,4-5,8-12,15,21-22H,3,6-7,13-14,16-17H2,1H3/t21-,22+/m0/s1. The quantitative estimate of drug-likeness (QED) is 0.723. The Morgan fingerprint density at radius 1 is 1.03 bits per heavy atom. The topological polar surface area (TPSA) is 59.1 Å². The number of hydroxylamine groups is 2. The van der Waals surface area contributed by atoms with Crippen LogP contribution in [0.2, 0.25) is 0 Å². The average Bonchev–Trinajstić information content (AvgIpc) is 3.16. The molecule has 2 atom stereocenters. The molecule has 0 spiro atoms. The molecule has 2 heterocycles. The maximum atomic E-state index is 13.3. The van der Waals surface area contributed by atoms with Crippen molar-refractivity contribution in [3.05, 3.63) is 65.7 Å². The van der Waals surface area contributed by atoms with Crippen LogP contribution in [0.3, 0.4) is 0 Å². The molecule has 0 unspecified atom stereocenters. The average molecular weight is 417 g/mol. The minimum Gasteiger partial charge on any atom is -0.489 e. The van der Waals surface area contributed by atoms with Gasteiger partial charge in [0.25, 0.3) is 0 Å². The van der Waals surface area contributed by atoms with E-state index in [9.17, 15) is 8.42 Å². The molecule has 2 aromatic carbocycles. The van der Waals surface area contributed by atoms with Gasteiger partial charge in [0, 0.05) is 20.1 Å². The van der Waals surface area contributed by atoms with Gasteiger partial charge >= 0.3 is 0 Å². The Labute approximate surface area is 173 Å². The minimum atomic E-state index is -3.43. The highest BCUT2D eigenvalue weighted by Gasteiger charge is 2.45. The van der Waals surface area contributed by atoms with Crippen LogP contribution in [0, 0.1) is 0 Å². The molecule has 0 aromatic heterocycles. The molecule has 2 fully saturated rings. The molecule has 0 saturated carbocycles. The third-order valence-electron chi connectivity index (χ3n) is 5.69. The summed E-state index contributed by atoms with van der Waals surface area (Å²) in [5.74, 6) is 0.723. The van der Waals surface area contributed by atoms with E-state index in [2.05, 4.69) is 0 Å². The van der Waals surface area contributed by atoms with Crippen LogP contribution in [0.15, 0.2) is 54.6 Å². The second kappa shape index (κ2) is 8.83. The lowest BCUT2D eigenvalue weighted by Crippen LogP contribution is -2.44. The molecule has 156 valence electrons. The normalized spacial score (nSPS) is 23.9. The number of hydrogen-bond acceptors (Lipinski definition) is 5. The van der Waals surface area contributed by atoms with Gasteiger partial charge in [-0.15, -0.1) is 0 Å². The van der Waals surface area contributed by atoms with E-state index in [4.69, 9.17) is 9.57 Å². The van der Waals surface area contributed by atoms with Crippen molar-refractivity contribution in [3.63, 3.8) is 0 Å². The number of benzene rings is 2. The van der Waals surface area contributed by atoms with Crippen molar-refractivity contribution in [2.45, 2.75) is 37.2 Å². The van der Waals surface area contributed by atoms with E-state index >= 15 is 0 Å². The number of hydrogen-bond donors (Lipinski definition) is 0. The zero-order valence-electron chi connectivity index (χ0n) is 16.7. The fourth-order valence-corrected chi connectivity index (χ4v) is 6.15. The molecule has 6 nitrogen and oxygen atoms in total. The highest BCUT2D eigenvalue weighted by Crippen LogP contribution is 2.36. The van der Waals surface area contributed by atoms with Gasteiger partial charge in [-0.2, -0.15) is 5.06 Å². The summed E-state index contributed by atoms with van der Waals surface area (Å²) < 4.78 is 34.2. The second-order valence-corrected chi connectivity index (χ2v) is 9.83. The largest absolute Gasteiger partial charge is 0.489 e. The van der Waals surface area contributed by atoms with Gasteiger partial charge in [0.1, 0.15) is 17.6 Å². The van der Waals surface area contributed by atoms with Crippen molar-refractivity contribution in [1.29, 1.82) is 0 Å². The van der Waals surface area contributed by atoms with Crippen LogP contribution in [0.25, 0.3) is 0 Å². The number of piperidine rings is 1. The van der Waals surface area contributed by atoms with Crippen LogP contribution in [-0.2, 0) is 21.5 Å². The monoisotopic (exact) mass is 416 g/mol. The predicted octanol–water partition coefficient (Wildman–Crippen LogP) is 3.37. The van der Waals surface area contributed by atoms with Crippen molar-refractivity contribution in [2.24, 2.45) is 0 Å². The Morgan fingerprint density at radius 3 is 2.55 bits per heavy atom. The summed E-state index contributed by atoms with van der Waals surface area (Å²) in [5.41, 5.74) is 1.98. The van der Waals surface area contributed by atoms with Crippen molar-refractivity contribution in [2.75, 3.05) is 26.7 Å². The van der Waals surface area contributed by atoms with Crippen LogP contribution < -0.4 is 4.74 Å². The summed E-state index contributed by atoms with van der Waals surface area (Å²) in [5, 5.41) is 1.05. The van der Waals surface area contributed by atoms with Crippen molar-refractivity contribution in [1.82, 2.24) is 9.37 Å². The Hall–Kier alpha value is -1.93. The maximum absolute atomic E-state index is 13.3. The van der Waals surface area contributed by atoms with E-state index in [0.29, 0.717) is 19.7 Å². The summed E-state index contributed by atoms with van der Waals surface area (Å²) in [6.45, 7) is 1.86. The van der Waals surface area contributed by atoms with Crippen LogP contribution in [0.4, 0.5) is 0 Å². The summed E-state index contributed by atoms with van der Waals surface area (Å²) in [6, 6.07) is 17.3. The fourth-order valence-electron chi connectivity index (χ4n) is 4.11. The van der Waals surface area contributed by atoms with Crippen LogP contribution >= 0.6 is 0 Å². The van der Waals surface area contributed by atoms with Gasteiger partial charge < -0.3 is 4.74 Å². The molecule has 2 aliphatic heterocycles. The molecular formula is C22H28N2O4S. The van der Waals surface area contributed by atoms with E-state index in [1.807, 2.05) is 54.6 Å². The molecule has 2 aliphatic rings. The molecule has 0 amide bonds. The lowest BCUT2D eigenvalue weighted by molar-refractivity contribution is -0.110. The Balaban J connectivity index is 1.54. The first-order valence-corrected chi connectivity index (χ1v) is 11.7. The third-order valence-corrected chi connectivity index (χ3v) is 7.94. The van der Waals surface area contributed by atoms with E-state index in [1.165, 1.54) is 0 Å². The molecule has 2 saturated heterocycles. The molecule has 29 heavy (non-hydrogen) atoms. The molecular weight excluding hydrogens is 388 g/mol. The molecule has 7 heteroatoms. The number of sulfonamides is 1. The van der Waals surface area contributed by atoms with Gasteiger partial charge in [-0.25, -0.2) is 12.7 Å². The first kappa shape index (κ1) is 20.3. The molecule has 0 aliphatic carbocycles. The van der Waals surface area contributed by atoms with Crippen molar-refractivity contribution >= 4 is 10.0 Å². The lowest BCUT2D eigenvalue weighted by atomic mass is 10.0. The van der Waals surface area contributed by atoms with Gasteiger partial charge in [0.15, 0.2) is 0 Å². The molecule has 4 rings (SSSR count). The fraction of sp³-hybridized carbons (Fsp3) is 0.455. The van der Waals surface area contributed by atoms with Gasteiger partial charge in [-0.05, 0) is 36.1 Å². The zero-order chi connectivity index (χ0) is 20.3. The molecule has 0 N–H and O–H groups in total. The van der Waals surface area contributed by atoms with Crippen LogP contribution in [-0.4, -0.2) is 49.8 Å². The zero-order valence-corrected chi connectivity index (χ0v) is 17.6. The summed E-state index contributed by atoms with van der Waals surface area (Å²) in [4.78, 5) is 5.67. The SMILES string of the molecule is CN1OC[C@H](S(=O)(=O)N2CCCCC2)[C@H]1c1cccc(OCc2ccccc2)c1. The summed E-state index contributed by atoms with van der Waals surface area (Å²) in [6.07, 6.45) is 2.95. The first-order chi connectivity index (χ1) is 14.1. The maximum Gasteiger partial charge on any atom is 0.221 e. The highest BCUT2D eigenvalue weighted by atomic mass is 32.2. The van der Waals surface area contributed by atoms with Gasteiger partial charge in [-0.3, -0.25) is 4.84 Å². The van der Waals surface area contributed by atoms with Gasteiger partial charge in [-0.1, -0.05) is 48.9 Å². The number of rotatable bonds is 6. The number of ether oxygens (including phenoxy) is 1. The molecule has 0 bridgehead atoms. The molecule has 0 radical (unpaired) electrons. The summed E-state index contributed by atoms with van der Waals surface area (Å²) >= 11 is 0. The lowest BCUT2D eigenvalue weighted by Gasteiger charge is -2.31. The van der Waals surface area contributed by atoms with E-state index < -0.39 is 15.3 Å².